The number of carbonyl (C=O) groups is 2. The first-order valence-electron chi connectivity index (χ1n) is 11.5. The van der Waals surface area contributed by atoms with E-state index in [4.69, 9.17) is 4.74 Å². The van der Waals surface area contributed by atoms with Crippen molar-refractivity contribution in [3.8, 4) is 5.75 Å². The van der Waals surface area contributed by atoms with Crippen molar-refractivity contribution in [1.29, 1.82) is 0 Å². The fourth-order valence-electron chi connectivity index (χ4n) is 4.10. The van der Waals surface area contributed by atoms with Gasteiger partial charge in [0, 0.05) is 18.9 Å². The van der Waals surface area contributed by atoms with E-state index in [1.807, 2.05) is 48.9 Å². The maximum absolute atomic E-state index is 13.4. The number of nitrogens with zero attached hydrogens (tertiary/aromatic N) is 1. The highest BCUT2D eigenvalue weighted by atomic mass is 16.5. The minimum atomic E-state index is -0.231. The SMILES string of the molecule is CCCC(=O)Nc1cc(C(C)(C)C)cc(NC(=O)c2cc3cccc(CC)c3n2C)c1OC. The van der Waals surface area contributed by atoms with Gasteiger partial charge in [-0.1, -0.05) is 52.8 Å². The molecule has 0 aliphatic rings. The predicted octanol–water partition coefficient (Wildman–Crippen LogP) is 6.04. The Hall–Kier alpha value is -3.28. The Bertz CT molecular complexity index is 1190. The fourth-order valence-corrected chi connectivity index (χ4v) is 4.10. The number of hydrogen-bond donors (Lipinski definition) is 2. The van der Waals surface area contributed by atoms with Crippen LogP contribution in [-0.4, -0.2) is 23.5 Å². The number of benzene rings is 2. The average molecular weight is 450 g/mol. The fraction of sp³-hybridized carbons (Fsp3) is 0.407. The number of aryl methyl sites for hydroxylation is 2. The van der Waals surface area contributed by atoms with Crippen molar-refractivity contribution >= 4 is 34.1 Å². The van der Waals surface area contributed by atoms with Crippen LogP contribution in [0.15, 0.2) is 36.4 Å². The highest BCUT2D eigenvalue weighted by Gasteiger charge is 2.23. The monoisotopic (exact) mass is 449 g/mol. The second-order valence-electron chi connectivity index (χ2n) is 9.40. The lowest BCUT2D eigenvalue weighted by atomic mass is 9.86. The molecular formula is C27H35N3O3. The quantitative estimate of drug-likeness (QED) is 0.462. The maximum atomic E-state index is 13.4. The first-order chi connectivity index (χ1) is 15.6. The van der Waals surface area contributed by atoms with Gasteiger partial charge in [0.05, 0.1) is 24.0 Å². The molecule has 2 N–H and O–H groups in total. The van der Waals surface area contributed by atoms with Crippen LogP contribution in [0.1, 0.15) is 69.1 Å². The normalized spacial score (nSPS) is 11.5. The van der Waals surface area contributed by atoms with Gasteiger partial charge in [-0.3, -0.25) is 9.59 Å². The standard InChI is InChI=1S/C27H35N3O3/c1-8-11-23(31)28-20-15-19(27(3,4)5)16-21(25(20)33-7)29-26(32)22-14-18-13-10-12-17(9-2)24(18)30(22)6/h10,12-16H,8-9,11H2,1-7H3,(H,28,31)(H,29,32). The summed E-state index contributed by atoms with van der Waals surface area (Å²) in [4.78, 5) is 25.7. The highest BCUT2D eigenvalue weighted by Crippen LogP contribution is 2.39. The number of ether oxygens (including phenoxy) is 1. The smallest absolute Gasteiger partial charge is 0.272 e. The lowest BCUT2D eigenvalue weighted by Crippen LogP contribution is -2.19. The van der Waals surface area contributed by atoms with Crippen LogP contribution in [-0.2, 0) is 23.7 Å². The lowest BCUT2D eigenvalue weighted by Gasteiger charge is -2.24. The molecule has 2 amide bonds. The predicted molar refractivity (Wildman–Crippen MR) is 135 cm³/mol. The van der Waals surface area contributed by atoms with E-state index in [9.17, 15) is 9.59 Å². The van der Waals surface area contributed by atoms with Gasteiger partial charge in [-0.15, -0.1) is 0 Å². The molecule has 1 aromatic heterocycles. The van der Waals surface area contributed by atoms with Crippen LogP contribution in [0.25, 0.3) is 10.9 Å². The summed E-state index contributed by atoms with van der Waals surface area (Å²) in [5, 5.41) is 7.03. The van der Waals surface area contributed by atoms with Gasteiger partial charge in [0.25, 0.3) is 5.91 Å². The van der Waals surface area contributed by atoms with Crippen LogP contribution in [0.4, 0.5) is 11.4 Å². The molecule has 0 atom stereocenters. The first kappa shape index (κ1) is 24.4. The Kier molecular flexibility index (Phi) is 7.15. The molecule has 3 aromatic rings. The van der Waals surface area contributed by atoms with Crippen LogP contribution in [0.2, 0.25) is 0 Å². The third kappa shape index (κ3) is 5.05. The number of hydrogen-bond acceptors (Lipinski definition) is 3. The highest BCUT2D eigenvalue weighted by molar-refractivity contribution is 6.08. The average Bonchev–Trinajstić information content (AvgIpc) is 3.10. The lowest BCUT2D eigenvalue weighted by molar-refractivity contribution is -0.116. The molecule has 1 heterocycles. The summed E-state index contributed by atoms with van der Waals surface area (Å²) in [5.41, 5.74) is 4.70. The van der Waals surface area contributed by atoms with Gasteiger partial charge in [-0.05, 0) is 47.6 Å². The van der Waals surface area contributed by atoms with Gasteiger partial charge in [0.2, 0.25) is 5.91 Å². The molecule has 0 aliphatic heterocycles. The number of aromatic nitrogens is 1. The molecule has 3 rings (SSSR count). The largest absolute Gasteiger partial charge is 0.492 e. The summed E-state index contributed by atoms with van der Waals surface area (Å²) in [6.45, 7) is 10.3. The van der Waals surface area contributed by atoms with Crippen molar-refractivity contribution in [2.24, 2.45) is 7.05 Å². The van der Waals surface area contributed by atoms with Gasteiger partial charge in [-0.25, -0.2) is 0 Å². The molecular weight excluding hydrogens is 414 g/mol. The molecule has 0 spiro atoms. The minimum absolute atomic E-state index is 0.0834. The number of fused-ring (bicyclic) bond motifs is 1. The van der Waals surface area contributed by atoms with Gasteiger partial charge < -0.3 is 19.9 Å². The van der Waals surface area contributed by atoms with Crippen LogP contribution in [0, 0.1) is 0 Å². The molecule has 176 valence electrons. The Labute approximate surface area is 196 Å². The zero-order valence-electron chi connectivity index (χ0n) is 20.8. The van der Waals surface area contributed by atoms with Gasteiger partial charge in [0.1, 0.15) is 5.69 Å². The summed E-state index contributed by atoms with van der Waals surface area (Å²) < 4.78 is 7.59. The summed E-state index contributed by atoms with van der Waals surface area (Å²) in [7, 11) is 3.46. The zero-order chi connectivity index (χ0) is 24.3. The molecule has 0 radical (unpaired) electrons. The second kappa shape index (κ2) is 9.69. The number of methoxy groups -OCH3 is 1. The van der Waals surface area contributed by atoms with Crippen LogP contribution in [0.3, 0.4) is 0 Å². The molecule has 0 saturated carbocycles. The van der Waals surface area contributed by atoms with E-state index in [1.54, 1.807) is 7.11 Å². The van der Waals surface area contributed by atoms with E-state index in [-0.39, 0.29) is 17.2 Å². The van der Waals surface area contributed by atoms with E-state index in [0.717, 1.165) is 29.3 Å². The molecule has 6 nitrogen and oxygen atoms in total. The van der Waals surface area contributed by atoms with E-state index in [1.165, 1.54) is 5.56 Å². The van der Waals surface area contributed by atoms with Crippen LogP contribution >= 0.6 is 0 Å². The van der Waals surface area contributed by atoms with Crippen molar-refractivity contribution in [1.82, 2.24) is 4.57 Å². The number of carbonyl (C=O) groups excluding carboxylic acids is 2. The number of rotatable bonds is 7. The first-order valence-corrected chi connectivity index (χ1v) is 11.5. The minimum Gasteiger partial charge on any atom is -0.492 e. The Morgan fingerprint density at radius 1 is 1.03 bits per heavy atom. The molecule has 2 aromatic carbocycles. The summed E-state index contributed by atoms with van der Waals surface area (Å²) in [6, 6.07) is 11.9. The zero-order valence-corrected chi connectivity index (χ0v) is 20.8. The van der Waals surface area contributed by atoms with E-state index >= 15 is 0 Å². The molecule has 6 heteroatoms. The number of para-hydroxylation sites is 1. The van der Waals surface area contributed by atoms with Crippen molar-refractivity contribution in [2.75, 3.05) is 17.7 Å². The van der Waals surface area contributed by atoms with E-state index in [2.05, 4.69) is 44.4 Å². The molecule has 0 aliphatic carbocycles. The number of nitrogens with one attached hydrogen (secondary N) is 2. The van der Waals surface area contributed by atoms with Crippen LogP contribution in [0.5, 0.6) is 5.75 Å². The van der Waals surface area contributed by atoms with Crippen molar-refractivity contribution in [3.05, 3.63) is 53.2 Å². The summed E-state index contributed by atoms with van der Waals surface area (Å²) in [6.07, 6.45) is 2.05. The third-order valence-corrected chi connectivity index (χ3v) is 5.91. The Morgan fingerprint density at radius 3 is 2.27 bits per heavy atom. The molecule has 0 unspecified atom stereocenters. The molecule has 0 fully saturated rings. The summed E-state index contributed by atoms with van der Waals surface area (Å²) in [5.74, 6) is 0.125. The van der Waals surface area contributed by atoms with Crippen LogP contribution < -0.4 is 15.4 Å². The van der Waals surface area contributed by atoms with E-state index < -0.39 is 0 Å². The topological polar surface area (TPSA) is 72.4 Å². The maximum Gasteiger partial charge on any atom is 0.272 e. The molecule has 33 heavy (non-hydrogen) atoms. The second-order valence-corrected chi connectivity index (χ2v) is 9.40. The third-order valence-electron chi connectivity index (χ3n) is 5.91. The molecule has 0 saturated heterocycles. The number of amides is 2. The Morgan fingerprint density at radius 2 is 1.70 bits per heavy atom. The van der Waals surface area contributed by atoms with Gasteiger partial charge in [0.15, 0.2) is 5.75 Å². The Balaban J connectivity index is 2.06. The number of anilines is 2. The molecule has 0 bridgehead atoms. The van der Waals surface area contributed by atoms with Crippen molar-refractivity contribution < 1.29 is 14.3 Å². The van der Waals surface area contributed by atoms with Crippen molar-refractivity contribution in [2.45, 2.75) is 59.3 Å². The van der Waals surface area contributed by atoms with Crippen molar-refractivity contribution in [3.63, 3.8) is 0 Å². The van der Waals surface area contributed by atoms with Gasteiger partial charge in [-0.2, -0.15) is 0 Å². The van der Waals surface area contributed by atoms with E-state index in [0.29, 0.717) is 29.2 Å². The summed E-state index contributed by atoms with van der Waals surface area (Å²) >= 11 is 0. The van der Waals surface area contributed by atoms with Gasteiger partial charge >= 0.3 is 0 Å².